The van der Waals surface area contributed by atoms with Crippen molar-refractivity contribution in [1.29, 1.82) is 0 Å². The Morgan fingerprint density at radius 2 is 0.494 bits per heavy atom. The Hall–Kier alpha value is -4.97. The summed E-state index contributed by atoms with van der Waals surface area (Å²) >= 11 is 0. The minimum absolute atomic E-state index is 0.120. The summed E-state index contributed by atoms with van der Waals surface area (Å²) < 4.78 is 16.8. The number of unbranched alkanes of at least 4 members (excludes halogenated alkanes) is 17. The molecule has 0 fully saturated rings. The lowest BCUT2D eigenvalue weighted by atomic mass is 10.0. The molecule has 0 aromatic carbocycles. The summed E-state index contributed by atoms with van der Waals surface area (Å²) in [4.78, 5) is 38.2. The zero-order valence-corrected chi connectivity index (χ0v) is 49.4. The van der Waals surface area contributed by atoms with E-state index in [-0.39, 0.29) is 44.0 Å². The van der Waals surface area contributed by atoms with E-state index in [1.807, 2.05) is 12.2 Å². The topological polar surface area (TPSA) is 78.9 Å². The molecule has 0 spiro atoms. The highest BCUT2D eigenvalue weighted by Gasteiger charge is 2.19. The van der Waals surface area contributed by atoms with E-state index in [4.69, 9.17) is 14.2 Å². The van der Waals surface area contributed by atoms with E-state index in [9.17, 15) is 14.4 Å². The van der Waals surface area contributed by atoms with Crippen LogP contribution in [0, 0.1) is 0 Å². The maximum atomic E-state index is 12.9. The van der Waals surface area contributed by atoms with Crippen LogP contribution in [0.2, 0.25) is 0 Å². The molecule has 0 aliphatic carbocycles. The first-order chi connectivity index (χ1) is 38.0. The van der Waals surface area contributed by atoms with Gasteiger partial charge in [0.25, 0.3) is 0 Å². The summed E-state index contributed by atoms with van der Waals surface area (Å²) in [5.41, 5.74) is 0. The van der Waals surface area contributed by atoms with E-state index in [2.05, 4.69) is 167 Å². The van der Waals surface area contributed by atoms with Gasteiger partial charge in [-0.2, -0.15) is 0 Å². The van der Waals surface area contributed by atoms with Crippen molar-refractivity contribution in [2.45, 2.75) is 258 Å². The van der Waals surface area contributed by atoms with E-state index in [0.717, 1.165) is 122 Å². The molecular weight excluding hydrogens is 949 g/mol. The number of hydrogen-bond acceptors (Lipinski definition) is 6. The van der Waals surface area contributed by atoms with Crippen LogP contribution >= 0.6 is 0 Å². The Bertz CT molecular complexity index is 1740. The van der Waals surface area contributed by atoms with Crippen molar-refractivity contribution >= 4 is 17.9 Å². The lowest BCUT2D eigenvalue weighted by molar-refractivity contribution is -0.166. The van der Waals surface area contributed by atoms with Crippen molar-refractivity contribution in [2.75, 3.05) is 13.2 Å². The summed E-state index contributed by atoms with van der Waals surface area (Å²) in [6, 6.07) is 0. The third kappa shape index (κ3) is 61.8. The van der Waals surface area contributed by atoms with Gasteiger partial charge in [-0.05, 0) is 128 Å². The van der Waals surface area contributed by atoms with Gasteiger partial charge in [0.2, 0.25) is 0 Å². The smallest absolute Gasteiger partial charge is 0.306 e. The molecule has 6 nitrogen and oxygen atoms in total. The number of ether oxygens (including phenoxy) is 3. The minimum atomic E-state index is -0.832. The lowest BCUT2D eigenvalue weighted by Crippen LogP contribution is -2.30. The van der Waals surface area contributed by atoms with Gasteiger partial charge in [-0.3, -0.25) is 14.4 Å². The zero-order chi connectivity index (χ0) is 55.7. The van der Waals surface area contributed by atoms with Crippen molar-refractivity contribution < 1.29 is 28.6 Å². The molecule has 1 atom stereocenters. The number of carbonyl (C=O) groups is 3. The second-order valence-corrected chi connectivity index (χ2v) is 19.8. The Balaban J connectivity index is 4.40. The van der Waals surface area contributed by atoms with E-state index in [1.165, 1.54) is 77.0 Å². The van der Waals surface area contributed by atoms with Crippen LogP contribution in [0.4, 0.5) is 0 Å². The standard InChI is InChI=1S/C71H112O6/c1-4-7-10-13-16-19-22-25-27-29-31-32-33-34-35-36-37-38-40-41-43-46-49-52-55-58-61-64-70(73)76-67-68(66-75-69(72)63-60-57-54-51-48-45-24-21-18-15-12-9-6-3)77-71(74)65-62-59-56-53-50-47-44-42-39-30-28-26-23-20-17-14-11-8-5-2/h7-12,16-21,25-28,31-32,39,42,45,47-48,50,54,57,68H,4-6,13-15,22-24,29-30,33-38,40-41,43-44,46,49,51-53,55-56,58-67H2,1-3H3/b10-7-,11-8-,12-9-,19-16-,20-17-,21-18-,27-25-,28-26-,32-31-,42-39-,48-45-,50-47-,57-54-. The van der Waals surface area contributed by atoms with Crippen LogP contribution in [0.25, 0.3) is 0 Å². The molecule has 77 heavy (non-hydrogen) atoms. The van der Waals surface area contributed by atoms with Crippen molar-refractivity contribution in [2.24, 2.45) is 0 Å². The molecule has 6 heteroatoms. The van der Waals surface area contributed by atoms with Crippen LogP contribution in [-0.4, -0.2) is 37.2 Å². The summed E-state index contributed by atoms with van der Waals surface area (Å²) in [7, 11) is 0. The van der Waals surface area contributed by atoms with Crippen LogP contribution in [0.1, 0.15) is 252 Å². The van der Waals surface area contributed by atoms with E-state index < -0.39 is 6.10 Å². The Morgan fingerprint density at radius 3 is 0.818 bits per heavy atom. The highest BCUT2D eigenvalue weighted by Crippen LogP contribution is 2.15. The van der Waals surface area contributed by atoms with Gasteiger partial charge in [0, 0.05) is 19.3 Å². The molecule has 0 saturated heterocycles. The molecule has 0 aromatic heterocycles. The molecule has 0 N–H and O–H groups in total. The maximum Gasteiger partial charge on any atom is 0.306 e. The third-order valence-electron chi connectivity index (χ3n) is 12.5. The largest absolute Gasteiger partial charge is 0.462 e. The average Bonchev–Trinajstić information content (AvgIpc) is 3.43. The molecule has 0 rings (SSSR count). The molecule has 0 aliphatic rings. The average molecular weight is 1060 g/mol. The first-order valence-electron chi connectivity index (χ1n) is 31.0. The summed E-state index contributed by atoms with van der Waals surface area (Å²) in [5, 5.41) is 0. The quantitative estimate of drug-likeness (QED) is 0.0261. The Labute approximate surface area is 473 Å². The van der Waals surface area contributed by atoms with Crippen LogP contribution in [0.15, 0.2) is 158 Å². The number of esters is 3. The number of carbonyl (C=O) groups excluding carboxylic acids is 3. The molecule has 0 amide bonds. The number of hydrogen-bond donors (Lipinski definition) is 0. The second kappa shape index (κ2) is 63.6. The van der Waals surface area contributed by atoms with Gasteiger partial charge >= 0.3 is 17.9 Å². The fourth-order valence-electron chi connectivity index (χ4n) is 8.00. The van der Waals surface area contributed by atoms with Crippen molar-refractivity contribution in [3.8, 4) is 0 Å². The van der Waals surface area contributed by atoms with Crippen LogP contribution in [0.5, 0.6) is 0 Å². The molecule has 1 unspecified atom stereocenters. The molecular formula is C71H112O6. The Morgan fingerprint density at radius 1 is 0.260 bits per heavy atom. The van der Waals surface area contributed by atoms with Crippen molar-refractivity contribution in [3.63, 3.8) is 0 Å². The highest BCUT2D eigenvalue weighted by molar-refractivity contribution is 5.71. The molecule has 0 saturated carbocycles. The maximum absolute atomic E-state index is 12.9. The van der Waals surface area contributed by atoms with E-state index in [0.29, 0.717) is 19.3 Å². The van der Waals surface area contributed by atoms with Crippen molar-refractivity contribution in [1.82, 2.24) is 0 Å². The normalized spacial score (nSPS) is 13.2. The van der Waals surface area contributed by atoms with Gasteiger partial charge in [0.15, 0.2) is 6.10 Å². The molecule has 0 heterocycles. The summed E-state index contributed by atoms with van der Waals surface area (Å²) in [5.74, 6) is -1.04. The van der Waals surface area contributed by atoms with Gasteiger partial charge < -0.3 is 14.2 Å². The van der Waals surface area contributed by atoms with Gasteiger partial charge in [-0.1, -0.05) is 262 Å². The van der Waals surface area contributed by atoms with Gasteiger partial charge in [-0.25, -0.2) is 0 Å². The first-order valence-corrected chi connectivity index (χ1v) is 31.0. The monoisotopic (exact) mass is 1060 g/mol. The Kier molecular flexibility index (Phi) is 59.5. The molecule has 0 aromatic rings. The highest BCUT2D eigenvalue weighted by atomic mass is 16.6. The fraction of sp³-hybridized carbons (Fsp3) is 0.592. The molecule has 0 bridgehead atoms. The van der Waals surface area contributed by atoms with E-state index in [1.54, 1.807) is 0 Å². The van der Waals surface area contributed by atoms with Crippen LogP contribution < -0.4 is 0 Å². The van der Waals surface area contributed by atoms with Gasteiger partial charge in [-0.15, -0.1) is 0 Å². The summed E-state index contributed by atoms with van der Waals surface area (Å²) in [6.07, 6.45) is 92.7. The fourth-order valence-corrected chi connectivity index (χ4v) is 8.00. The second-order valence-electron chi connectivity index (χ2n) is 19.8. The van der Waals surface area contributed by atoms with Gasteiger partial charge in [0.1, 0.15) is 13.2 Å². The molecule has 432 valence electrons. The van der Waals surface area contributed by atoms with E-state index >= 15 is 0 Å². The number of allylic oxidation sites excluding steroid dienone is 26. The first kappa shape index (κ1) is 72.0. The predicted octanol–water partition coefficient (Wildman–Crippen LogP) is 21.3. The predicted molar refractivity (Wildman–Crippen MR) is 334 cm³/mol. The third-order valence-corrected chi connectivity index (χ3v) is 12.5. The number of rotatable bonds is 54. The minimum Gasteiger partial charge on any atom is -0.462 e. The zero-order valence-electron chi connectivity index (χ0n) is 49.4. The lowest BCUT2D eigenvalue weighted by Gasteiger charge is -2.18. The molecule has 0 aliphatic heterocycles. The van der Waals surface area contributed by atoms with Crippen LogP contribution in [0.3, 0.4) is 0 Å². The molecule has 0 radical (unpaired) electrons. The van der Waals surface area contributed by atoms with Crippen molar-refractivity contribution in [3.05, 3.63) is 158 Å². The summed E-state index contributed by atoms with van der Waals surface area (Å²) in [6.45, 7) is 6.20. The van der Waals surface area contributed by atoms with Crippen LogP contribution in [-0.2, 0) is 28.6 Å². The SMILES string of the molecule is CC/C=C\C/C=C\C/C=C\C/C=C\C/C=C\CCCCCC(=O)OC(COC(=O)CC/C=C\C/C=C\C/C=C\C/C=C\CC)COC(=O)CCCCCCCCCCCCCCCC/C=C\C/C=C\C/C=C\C/C=C\CC. The van der Waals surface area contributed by atoms with Gasteiger partial charge in [0.05, 0.1) is 0 Å².